The van der Waals surface area contributed by atoms with Crippen molar-refractivity contribution in [1.29, 1.82) is 0 Å². The van der Waals surface area contributed by atoms with Crippen molar-refractivity contribution < 1.29 is 13.6 Å². The van der Waals surface area contributed by atoms with Crippen LogP contribution >= 0.6 is 0 Å². The fourth-order valence-corrected chi connectivity index (χ4v) is 2.56. The molecule has 0 atom stereocenters. The van der Waals surface area contributed by atoms with Crippen LogP contribution < -0.4 is 5.32 Å². The Morgan fingerprint density at radius 2 is 1.91 bits per heavy atom. The maximum atomic E-state index is 13.8. The summed E-state index contributed by atoms with van der Waals surface area (Å²) in [4.78, 5) is 12.4. The number of fused-ring (bicyclic) bond motifs is 1. The van der Waals surface area contributed by atoms with Crippen LogP contribution in [0.15, 0.2) is 40.8 Å². The van der Waals surface area contributed by atoms with Crippen molar-refractivity contribution in [2.24, 2.45) is 0 Å². The van der Waals surface area contributed by atoms with E-state index in [9.17, 15) is 9.18 Å². The fourth-order valence-electron chi connectivity index (χ4n) is 2.56. The third-order valence-corrected chi connectivity index (χ3v) is 3.75. The van der Waals surface area contributed by atoms with Gasteiger partial charge in [-0.3, -0.25) is 4.79 Å². The average Bonchev–Trinajstić information content (AvgIpc) is 2.81. The number of carbonyl (C=O) groups is 1. The van der Waals surface area contributed by atoms with Crippen LogP contribution in [-0.4, -0.2) is 5.91 Å². The lowest BCUT2D eigenvalue weighted by Crippen LogP contribution is -2.13. The SMILES string of the molecule is Cc1ccc(NC(=O)c2oc3c(F)cccc3c2C)c(C)c1. The summed E-state index contributed by atoms with van der Waals surface area (Å²) in [6, 6.07) is 10.4. The van der Waals surface area contributed by atoms with E-state index in [1.54, 1.807) is 19.1 Å². The predicted molar refractivity (Wildman–Crippen MR) is 84.8 cm³/mol. The van der Waals surface area contributed by atoms with Crippen LogP contribution in [0.3, 0.4) is 0 Å². The second kappa shape index (κ2) is 5.30. The molecule has 0 aliphatic carbocycles. The standard InChI is InChI=1S/C18H16FNO2/c1-10-7-8-15(11(2)9-10)20-18(21)16-12(3)13-5-4-6-14(19)17(13)22-16/h4-9H,1-3H3,(H,20,21). The summed E-state index contributed by atoms with van der Waals surface area (Å²) in [5.41, 5.74) is 3.56. The highest BCUT2D eigenvalue weighted by atomic mass is 19.1. The Balaban J connectivity index is 1.99. The third kappa shape index (κ3) is 2.37. The molecule has 22 heavy (non-hydrogen) atoms. The van der Waals surface area contributed by atoms with Crippen molar-refractivity contribution in [3.05, 3.63) is 64.7 Å². The van der Waals surface area contributed by atoms with Gasteiger partial charge in [-0.2, -0.15) is 0 Å². The molecule has 1 amide bonds. The molecule has 0 radical (unpaired) electrons. The van der Waals surface area contributed by atoms with Gasteiger partial charge >= 0.3 is 0 Å². The third-order valence-electron chi connectivity index (χ3n) is 3.75. The van der Waals surface area contributed by atoms with Gasteiger partial charge in [0.25, 0.3) is 5.91 Å². The summed E-state index contributed by atoms with van der Waals surface area (Å²) < 4.78 is 19.2. The molecule has 1 heterocycles. The lowest BCUT2D eigenvalue weighted by Gasteiger charge is -2.08. The van der Waals surface area contributed by atoms with Gasteiger partial charge in [-0.15, -0.1) is 0 Å². The summed E-state index contributed by atoms with van der Waals surface area (Å²) in [7, 11) is 0. The van der Waals surface area contributed by atoms with Gasteiger partial charge in [0.1, 0.15) is 0 Å². The number of nitrogens with one attached hydrogen (secondary N) is 1. The van der Waals surface area contributed by atoms with E-state index in [1.165, 1.54) is 6.07 Å². The van der Waals surface area contributed by atoms with Crippen LogP contribution in [0.25, 0.3) is 11.0 Å². The maximum absolute atomic E-state index is 13.8. The Labute approximate surface area is 127 Å². The van der Waals surface area contributed by atoms with Gasteiger partial charge in [0, 0.05) is 16.6 Å². The lowest BCUT2D eigenvalue weighted by atomic mass is 10.1. The van der Waals surface area contributed by atoms with Crippen LogP contribution in [0, 0.1) is 26.6 Å². The summed E-state index contributed by atoms with van der Waals surface area (Å²) >= 11 is 0. The lowest BCUT2D eigenvalue weighted by molar-refractivity contribution is 0.0997. The molecule has 3 nitrogen and oxygen atoms in total. The van der Waals surface area contributed by atoms with Gasteiger partial charge < -0.3 is 9.73 Å². The number of hydrogen-bond donors (Lipinski definition) is 1. The molecule has 2 aromatic carbocycles. The van der Waals surface area contributed by atoms with Gasteiger partial charge in [0.05, 0.1) is 0 Å². The van der Waals surface area contributed by atoms with Crippen LogP contribution in [-0.2, 0) is 0 Å². The molecule has 0 aliphatic heterocycles. The first kappa shape index (κ1) is 14.3. The minimum Gasteiger partial charge on any atom is -0.448 e. The Morgan fingerprint density at radius 1 is 1.14 bits per heavy atom. The first-order chi connectivity index (χ1) is 10.5. The molecule has 112 valence electrons. The Bertz CT molecular complexity index is 880. The van der Waals surface area contributed by atoms with E-state index < -0.39 is 5.82 Å². The van der Waals surface area contributed by atoms with Gasteiger partial charge in [-0.25, -0.2) is 4.39 Å². The van der Waals surface area contributed by atoms with Gasteiger partial charge in [0.15, 0.2) is 17.2 Å². The number of para-hydroxylation sites is 1. The largest absolute Gasteiger partial charge is 0.448 e. The average molecular weight is 297 g/mol. The number of halogens is 1. The zero-order valence-corrected chi connectivity index (χ0v) is 12.7. The first-order valence-corrected chi connectivity index (χ1v) is 7.03. The Morgan fingerprint density at radius 3 is 2.59 bits per heavy atom. The summed E-state index contributed by atoms with van der Waals surface area (Å²) in [5.74, 6) is -0.703. The summed E-state index contributed by atoms with van der Waals surface area (Å²) in [5, 5.41) is 3.44. The first-order valence-electron chi connectivity index (χ1n) is 7.03. The van der Waals surface area contributed by atoms with Gasteiger partial charge in [-0.1, -0.05) is 29.8 Å². The summed E-state index contributed by atoms with van der Waals surface area (Å²) in [6.07, 6.45) is 0. The molecule has 0 spiro atoms. The number of amides is 1. The molecule has 3 aromatic rings. The smallest absolute Gasteiger partial charge is 0.291 e. The second-order valence-corrected chi connectivity index (χ2v) is 5.45. The van der Waals surface area contributed by atoms with Crippen molar-refractivity contribution in [2.75, 3.05) is 5.32 Å². The van der Waals surface area contributed by atoms with E-state index in [0.717, 1.165) is 16.8 Å². The monoisotopic (exact) mass is 297 g/mol. The van der Waals surface area contributed by atoms with Crippen LogP contribution in [0.1, 0.15) is 27.2 Å². The summed E-state index contributed by atoms with van der Waals surface area (Å²) in [6.45, 7) is 5.67. The van der Waals surface area contributed by atoms with Gasteiger partial charge in [0.2, 0.25) is 0 Å². The number of aryl methyl sites for hydroxylation is 3. The minimum atomic E-state index is -0.467. The molecular weight excluding hydrogens is 281 g/mol. The van der Waals surface area contributed by atoms with Crippen molar-refractivity contribution in [2.45, 2.75) is 20.8 Å². The second-order valence-electron chi connectivity index (χ2n) is 5.45. The highest BCUT2D eigenvalue weighted by molar-refractivity contribution is 6.06. The molecule has 1 aromatic heterocycles. The number of benzene rings is 2. The zero-order chi connectivity index (χ0) is 15.9. The van der Waals surface area contributed by atoms with Crippen LogP contribution in [0.2, 0.25) is 0 Å². The zero-order valence-electron chi connectivity index (χ0n) is 12.7. The van der Waals surface area contributed by atoms with Crippen LogP contribution in [0.4, 0.5) is 10.1 Å². The molecule has 0 unspecified atom stereocenters. The predicted octanol–water partition coefficient (Wildman–Crippen LogP) is 4.75. The minimum absolute atomic E-state index is 0.116. The molecule has 4 heteroatoms. The number of anilines is 1. The maximum Gasteiger partial charge on any atom is 0.291 e. The van der Waals surface area contributed by atoms with E-state index in [-0.39, 0.29) is 17.3 Å². The quantitative estimate of drug-likeness (QED) is 0.741. The van der Waals surface area contributed by atoms with Crippen molar-refractivity contribution in [1.82, 2.24) is 0 Å². The molecule has 0 saturated heterocycles. The number of carbonyl (C=O) groups excluding carboxylic acids is 1. The van der Waals surface area contributed by atoms with E-state index >= 15 is 0 Å². The molecule has 0 aliphatic rings. The highest BCUT2D eigenvalue weighted by Gasteiger charge is 2.20. The number of rotatable bonds is 2. The van der Waals surface area contributed by atoms with Crippen molar-refractivity contribution >= 4 is 22.6 Å². The Hall–Kier alpha value is -2.62. The van der Waals surface area contributed by atoms with Crippen molar-refractivity contribution in [3.63, 3.8) is 0 Å². The van der Waals surface area contributed by atoms with Crippen LogP contribution in [0.5, 0.6) is 0 Å². The van der Waals surface area contributed by atoms with E-state index in [0.29, 0.717) is 10.9 Å². The number of hydrogen-bond acceptors (Lipinski definition) is 2. The fraction of sp³-hybridized carbons (Fsp3) is 0.167. The number of furan rings is 1. The molecule has 0 bridgehead atoms. The van der Waals surface area contributed by atoms with E-state index in [2.05, 4.69) is 5.32 Å². The van der Waals surface area contributed by atoms with Gasteiger partial charge in [-0.05, 0) is 38.5 Å². The highest BCUT2D eigenvalue weighted by Crippen LogP contribution is 2.28. The molecule has 0 fully saturated rings. The van der Waals surface area contributed by atoms with Crippen molar-refractivity contribution in [3.8, 4) is 0 Å². The normalized spacial score (nSPS) is 10.9. The molecule has 3 rings (SSSR count). The molecule has 0 saturated carbocycles. The van der Waals surface area contributed by atoms with E-state index in [1.807, 2.05) is 32.0 Å². The van der Waals surface area contributed by atoms with E-state index in [4.69, 9.17) is 4.42 Å². The molecule has 1 N–H and O–H groups in total. The topological polar surface area (TPSA) is 42.2 Å². The molecular formula is C18H16FNO2. The Kier molecular flexibility index (Phi) is 3.45.